The molecule has 1 saturated carbocycles. The molecule has 0 aliphatic heterocycles. The van der Waals surface area contributed by atoms with Crippen molar-refractivity contribution in [3.8, 4) is 0 Å². The van der Waals surface area contributed by atoms with E-state index in [1.54, 1.807) is 0 Å². The lowest BCUT2D eigenvalue weighted by Crippen LogP contribution is -2.41. The molecule has 21 heavy (non-hydrogen) atoms. The van der Waals surface area contributed by atoms with Crippen LogP contribution in [0.3, 0.4) is 0 Å². The van der Waals surface area contributed by atoms with Crippen molar-refractivity contribution >= 4 is 5.91 Å². The first kappa shape index (κ1) is 16.0. The van der Waals surface area contributed by atoms with Gasteiger partial charge in [-0.3, -0.25) is 4.79 Å². The quantitative estimate of drug-likeness (QED) is 0.756. The molecule has 1 unspecified atom stereocenters. The van der Waals surface area contributed by atoms with Crippen LogP contribution in [0.5, 0.6) is 0 Å². The maximum Gasteiger partial charge on any atom is 0.234 e. The van der Waals surface area contributed by atoms with E-state index in [4.69, 9.17) is 0 Å². The summed E-state index contributed by atoms with van der Waals surface area (Å²) in [5, 5.41) is 6.40. The fourth-order valence-electron chi connectivity index (χ4n) is 2.99. The zero-order valence-electron chi connectivity index (χ0n) is 13.1. The molecule has 1 aromatic carbocycles. The van der Waals surface area contributed by atoms with Crippen LogP contribution in [-0.2, 0) is 4.79 Å². The Morgan fingerprint density at radius 1 is 1.19 bits per heavy atom. The van der Waals surface area contributed by atoms with E-state index in [2.05, 4.69) is 41.8 Å². The summed E-state index contributed by atoms with van der Waals surface area (Å²) in [5.41, 5.74) is 1.37. The molecule has 0 bridgehead atoms. The molecule has 116 valence electrons. The normalized spacial score (nSPS) is 17.4. The molecule has 2 N–H and O–H groups in total. The second kappa shape index (κ2) is 8.83. The van der Waals surface area contributed by atoms with Gasteiger partial charge in [0.1, 0.15) is 0 Å². The highest BCUT2D eigenvalue weighted by Crippen LogP contribution is 2.18. The van der Waals surface area contributed by atoms with Gasteiger partial charge in [-0.05, 0) is 37.3 Å². The Kier molecular flexibility index (Phi) is 6.74. The van der Waals surface area contributed by atoms with Gasteiger partial charge in [0, 0.05) is 6.04 Å². The van der Waals surface area contributed by atoms with Crippen LogP contribution in [0.25, 0.3) is 0 Å². The summed E-state index contributed by atoms with van der Waals surface area (Å²) < 4.78 is 0. The summed E-state index contributed by atoms with van der Waals surface area (Å²) in [5.74, 6) is 0.675. The average Bonchev–Trinajstić information content (AvgIpc) is 2.53. The Morgan fingerprint density at radius 3 is 2.62 bits per heavy atom. The van der Waals surface area contributed by atoms with Gasteiger partial charge in [-0.25, -0.2) is 0 Å². The van der Waals surface area contributed by atoms with Crippen molar-refractivity contribution in [3.05, 3.63) is 35.9 Å². The van der Waals surface area contributed by atoms with Crippen LogP contribution in [0.15, 0.2) is 30.3 Å². The molecule has 2 rings (SSSR count). The van der Waals surface area contributed by atoms with E-state index >= 15 is 0 Å². The highest BCUT2D eigenvalue weighted by atomic mass is 16.1. The molecule has 1 aliphatic rings. The molecule has 0 spiro atoms. The van der Waals surface area contributed by atoms with Gasteiger partial charge in [-0.15, -0.1) is 0 Å². The summed E-state index contributed by atoms with van der Waals surface area (Å²) in [4.78, 5) is 11.9. The molecule has 3 nitrogen and oxygen atoms in total. The van der Waals surface area contributed by atoms with Crippen molar-refractivity contribution in [1.82, 2.24) is 10.6 Å². The van der Waals surface area contributed by atoms with Crippen LogP contribution in [0, 0.1) is 0 Å². The smallest absolute Gasteiger partial charge is 0.234 e. The van der Waals surface area contributed by atoms with Crippen LogP contribution in [-0.4, -0.2) is 25.0 Å². The summed E-state index contributed by atoms with van der Waals surface area (Å²) in [6.45, 7) is 3.56. The van der Waals surface area contributed by atoms with Gasteiger partial charge in [0.15, 0.2) is 0 Å². The van der Waals surface area contributed by atoms with Gasteiger partial charge in [-0.2, -0.15) is 0 Å². The van der Waals surface area contributed by atoms with Crippen LogP contribution in [0.2, 0.25) is 0 Å². The molecular weight excluding hydrogens is 260 g/mol. The first-order valence-corrected chi connectivity index (χ1v) is 8.30. The second-order valence-corrected chi connectivity index (χ2v) is 6.18. The Balaban J connectivity index is 1.57. The van der Waals surface area contributed by atoms with Gasteiger partial charge in [-0.1, -0.05) is 56.5 Å². The van der Waals surface area contributed by atoms with Gasteiger partial charge in [0.2, 0.25) is 5.91 Å². The van der Waals surface area contributed by atoms with Crippen molar-refractivity contribution in [2.24, 2.45) is 0 Å². The van der Waals surface area contributed by atoms with E-state index in [0.717, 1.165) is 25.8 Å². The van der Waals surface area contributed by atoms with Gasteiger partial charge in [0.25, 0.3) is 0 Å². The van der Waals surface area contributed by atoms with Crippen molar-refractivity contribution < 1.29 is 4.79 Å². The SMILES string of the molecule is CC(CCNCC(=O)NC1CCCCC1)c1ccccc1. The first-order valence-electron chi connectivity index (χ1n) is 8.30. The van der Waals surface area contributed by atoms with E-state index in [9.17, 15) is 4.79 Å². The number of carbonyl (C=O) groups is 1. The fourth-order valence-corrected chi connectivity index (χ4v) is 2.99. The lowest BCUT2D eigenvalue weighted by Gasteiger charge is -2.22. The third-order valence-corrected chi connectivity index (χ3v) is 4.38. The third kappa shape index (κ3) is 5.88. The number of rotatable bonds is 7. The second-order valence-electron chi connectivity index (χ2n) is 6.18. The lowest BCUT2D eigenvalue weighted by atomic mass is 9.95. The molecular formula is C18H28N2O. The number of carbonyl (C=O) groups excluding carboxylic acids is 1. The highest BCUT2D eigenvalue weighted by molar-refractivity contribution is 5.78. The molecule has 1 amide bonds. The van der Waals surface area contributed by atoms with Gasteiger partial charge < -0.3 is 10.6 Å². The maximum absolute atomic E-state index is 11.9. The first-order chi connectivity index (χ1) is 10.3. The zero-order valence-corrected chi connectivity index (χ0v) is 13.1. The summed E-state index contributed by atoms with van der Waals surface area (Å²) in [7, 11) is 0. The zero-order chi connectivity index (χ0) is 14.9. The monoisotopic (exact) mass is 288 g/mol. The van der Waals surface area contributed by atoms with Crippen LogP contribution in [0.4, 0.5) is 0 Å². The standard InChI is InChI=1S/C18H28N2O/c1-15(16-8-4-2-5-9-16)12-13-19-14-18(21)20-17-10-6-3-7-11-17/h2,4-5,8-9,15,17,19H,3,6-7,10-14H2,1H3,(H,20,21). The number of benzene rings is 1. The summed E-state index contributed by atoms with van der Waals surface area (Å²) in [6.07, 6.45) is 7.19. The minimum atomic E-state index is 0.147. The highest BCUT2D eigenvalue weighted by Gasteiger charge is 2.15. The molecule has 0 saturated heterocycles. The van der Waals surface area contributed by atoms with Crippen molar-refractivity contribution in [1.29, 1.82) is 0 Å². The van der Waals surface area contributed by atoms with E-state index in [1.165, 1.54) is 24.8 Å². The third-order valence-electron chi connectivity index (χ3n) is 4.38. The number of hydrogen-bond donors (Lipinski definition) is 2. The van der Waals surface area contributed by atoms with Crippen LogP contribution < -0.4 is 10.6 Å². The topological polar surface area (TPSA) is 41.1 Å². The summed E-state index contributed by atoms with van der Waals surface area (Å²) >= 11 is 0. The van der Waals surface area contributed by atoms with Gasteiger partial charge in [0.05, 0.1) is 6.54 Å². The Labute approximate surface area is 128 Å². The number of nitrogens with one attached hydrogen (secondary N) is 2. The minimum absolute atomic E-state index is 0.147. The lowest BCUT2D eigenvalue weighted by molar-refractivity contribution is -0.121. The van der Waals surface area contributed by atoms with E-state index in [0.29, 0.717) is 18.5 Å². The average molecular weight is 288 g/mol. The largest absolute Gasteiger partial charge is 0.352 e. The Bertz CT molecular complexity index is 412. The van der Waals surface area contributed by atoms with Crippen molar-refractivity contribution in [3.63, 3.8) is 0 Å². The van der Waals surface area contributed by atoms with Crippen molar-refractivity contribution in [2.75, 3.05) is 13.1 Å². The summed E-state index contributed by atoms with van der Waals surface area (Å²) in [6, 6.07) is 11.0. The molecule has 0 radical (unpaired) electrons. The molecule has 1 aromatic rings. The van der Waals surface area contributed by atoms with E-state index in [1.807, 2.05) is 6.07 Å². The predicted octanol–water partition coefficient (Wildman–Crippen LogP) is 3.22. The number of hydrogen-bond acceptors (Lipinski definition) is 2. The van der Waals surface area contributed by atoms with Crippen LogP contribution in [0.1, 0.15) is 56.9 Å². The minimum Gasteiger partial charge on any atom is -0.352 e. The Morgan fingerprint density at radius 2 is 1.90 bits per heavy atom. The fraction of sp³-hybridized carbons (Fsp3) is 0.611. The van der Waals surface area contributed by atoms with E-state index in [-0.39, 0.29) is 5.91 Å². The maximum atomic E-state index is 11.9. The predicted molar refractivity (Wildman–Crippen MR) is 87.4 cm³/mol. The number of amides is 1. The van der Waals surface area contributed by atoms with Crippen molar-refractivity contribution in [2.45, 2.75) is 57.4 Å². The molecule has 3 heteroatoms. The molecule has 0 heterocycles. The molecule has 1 atom stereocenters. The molecule has 0 aromatic heterocycles. The van der Waals surface area contributed by atoms with Crippen LogP contribution >= 0.6 is 0 Å². The molecule has 1 fully saturated rings. The van der Waals surface area contributed by atoms with E-state index < -0.39 is 0 Å². The molecule has 1 aliphatic carbocycles. The Hall–Kier alpha value is -1.35. The van der Waals surface area contributed by atoms with Gasteiger partial charge >= 0.3 is 0 Å².